The molecule has 2 aliphatic heterocycles. The molecule has 0 bridgehead atoms. The zero-order valence-electron chi connectivity index (χ0n) is 46.2. The Morgan fingerprint density at radius 3 is 1.04 bits per heavy atom. The van der Waals surface area contributed by atoms with Crippen molar-refractivity contribution in [1.82, 2.24) is 0 Å². The van der Waals surface area contributed by atoms with Crippen LogP contribution in [0.2, 0.25) is 0 Å². The van der Waals surface area contributed by atoms with Gasteiger partial charge in [-0.05, 0) is 65.8 Å². The number of amides is 3. The van der Waals surface area contributed by atoms with Crippen molar-refractivity contribution in [3.63, 3.8) is 0 Å². The number of nitrogens with zero attached hydrogens (tertiary/aromatic N) is 3. The summed E-state index contributed by atoms with van der Waals surface area (Å²) in [6, 6.07) is 9.33. The zero-order chi connectivity index (χ0) is 60.9. The predicted molar refractivity (Wildman–Crippen MR) is 377 cm³/mol. The number of nitro groups is 1. The van der Waals surface area contributed by atoms with E-state index in [0.29, 0.717) is 54.9 Å². The van der Waals surface area contributed by atoms with Gasteiger partial charge in [0.05, 0.1) is 29.4 Å². The van der Waals surface area contributed by atoms with Crippen LogP contribution in [0.25, 0.3) is 0 Å². The van der Waals surface area contributed by atoms with Gasteiger partial charge in [-0.3, -0.25) is 24.7 Å². The maximum Gasteiger partial charge on any atom is 0.415 e. The topological polar surface area (TPSA) is 150 Å². The van der Waals surface area contributed by atoms with E-state index < -0.39 is 143 Å². The summed E-state index contributed by atoms with van der Waals surface area (Å²) >= 11 is 0. The zero-order valence-corrected chi connectivity index (χ0v) is 46.2. The second-order valence-electron chi connectivity index (χ2n) is 21.6. The highest BCUT2D eigenvalue weighted by atomic mass is 16.6. The van der Waals surface area contributed by atoms with Gasteiger partial charge in [0, 0.05) is 294 Å². The molecule has 2 aromatic carbocycles. The fourth-order valence-electron chi connectivity index (χ4n) is 9.99. The second-order valence-corrected chi connectivity index (χ2v) is 21.6. The molecule has 0 aromatic heterocycles. The number of carbonyl (C=O) groups is 3. The van der Waals surface area contributed by atoms with Gasteiger partial charge in [0.1, 0.15) is 35.9 Å². The molecule has 0 saturated heterocycles. The summed E-state index contributed by atoms with van der Waals surface area (Å²) in [6.07, 6.45) is -21.0. The fraction of sp³-hybridized carbons (Fsp3) is 0.483. The Bertz CT molecular complexity index is 2160. The van der Waals surface area contributed by atoms with Gasteiger partial charge in [-0.15, -0.1) is 0 Å². The highest BCUT2D eigenvalue weighted by Crippen LogP contribution is 2.37. The molecule has 1 N–H and O–H groups in total. The minimum Gasteiger partial charge on any atom is -0.490 e. The van der Waals surface area contributed by atoms with Crippen LogP contribution >= 0.6 is 0 Å². The van der Waals surface area contributed by atoms with E-state index in [2.05, 4.69) is 5.32 Å². The Labute approximate surface area is 512 Å². The molecule has 80 heavy (non-hydrogen) atoms. The van der Waals surface area contributed by atoms with Crippen LogP contribution in [0.5, 0.6) is 11.5 Å². The van der Waals surface area contributed by atoms with E-state index in [4.69, 9.17) is 174 Å². The van der Waals surface area contributed by atoms with Crippen molar-refractivity contribution in [3.8, 4) is 11.5 Å². The Morgan fingerprint density at radius 2 is 0.775 bits per heavy atom. The first-order chi connectivity index (χ1) is 36.3. The smallest absolute Gasteiger partial charge is 0.415 e. The molecule has 51 heteroatoms. The number of rotatable bonds is 19. The molecule has 0 atom stereocenters. The largest absolute Gasteiger partial charge is 0.490 e. The highest BCUT2D eigenvalue weighted by molar-refractivity contribution is 8.31. The number of hydrogen-bond donors (Lipinski definition) is 1. The average molecular weight is 1000 g/mol. The van der Waals surface area contributed by atoms with Gasteiger partial charge >= 0.3 is 12.2 Å². The minimum atomic E-state index is -1.20. The normalized spacial score (nSPS) is 11.8. The molecule has 0 unspecified atom stereocenters. The molecule has 2 aromatic rings. The van der Waals surface area contributed by atoms with Crippen LogP contribution < -0.4 is 24.6 Å². The average Bonchev–Trinajstić information content (AvgIpc) is 3.27. The number of benzene rings is 2. The van der Waals surface area contributed by atoms with Crippen molar-refractivity contribution in [3.05, 3.63) is 46.5 Å². The Balaban J connectivity index is 0.000000642. The van der Waals surface area contributed by atoms with Crippen molar-refractivity contribution in [2.24, 2.45) is 0 Å². The number of non-ortho nitro benzene ring substituents is 1. The lowest BCUT2D eigenvalue weighted by Crippen LogP contribution is -2.92. The van der Waals surface area contributed by atoms with Crippen LogP contribution in [0.4, 0.5) is 32.3 Å². The van der Waals surface area contributed by atoms with Gasteiger partial charge in [-0.2, -0.15) is 0 Å². The van der Waals surface area contributed by atoms with Crippen LogP contribution in [-0.2, 0) is 14.3 Å². The summed E-state index contributed by atoms with van der Waals surface area (Å²) in [5.41, 5.74) is 0.283. The molecule has 0 aliphatic carbocycles. The lowest BCUT2D eigenvalue weighted by atomic mass is 8.28. The third-order valence-electron chi connectivity index (χ3n) is 12.9. The molecule has 0 fully saturated rings. The second kappa shape index (κ2) is 33.6. The Kier molecular flexibility index (Phi) is 31.9. The van der Waals surface area contributed by atoms with Crippen molar-refractivity contribution in [2.75, 3.05) is 41.4 Å². The standard InChI is InChI=1S/C15H20N2O4.C13H16N2O5.CH4.B38/c1-10(18)16-11-5-6-13-12(9-11)17(7-8-20-13)14(19)21-15(2,3)4;1-13(2,3)20-12(16)14-6-7-19-11-5-4-9(15(17)18)8-10(11)14;;1-21(2)31(22(3)4)36(32(23(5)6)24(7)8)38(35(29(17)18)30(19)20)37(33(25(9)10)26(11)12)34(27(13)14)28(15)16/h5-6,9H,7-8H2,1-4H3,(H,16,18);4-5,8H,6-7H2,1-3H3;1H4;. The van der Waals surface area contributed by atoms with Crippen LogP contribution in [0.1, 0.15) is 55.9 Å². The molecule has 344 valence electrons. The first-order valence-electron chi connectivity index (χ1n) is 25.3. The molecule has 13 nitrogen and oxygen atoms in total. The van der Waals surface area contributed by atoms with Crippen molar-refractivity contribution < 1.29 is 38.3 Å². The first-order valence-corrected chi connectivity index (χ1v) is 25.3. The Morgan fingerprint density at radius 1 is 0.500 bits per heavy atom. The maximum atomic E-state index is 12.3. The minimum absolute atomic E-state index is 0. The van der Waals surface area contributed by atoms with E-state index in [1.165, 1.54) is 34.9 Å². The fourth-order valence-corrected chi connectivity index (χ4v) is 9.99. The molecule has 3 amide bonds. The van der Waals surface area contributed by atoms with Gasteiger partial charge in [0.2, 0.25) is 5.91 Å². The van der Waals surface area contributed by atoms with Crippen LogP contribution in [-0.4, -0.2) is 330 Å². The molecule has 40 radical (unpaired) electrons. The number of nitrogens with one attached hydrogen (secondary N) is 1. The Hall–Kier alpha value is -2.08. The van der Waals surface area contributed by atoms with Gasteiger partial charge < -0.3 is 24.3 Å². The lowest BCUT2D eigenvalue weighted by molar-refractivity contribution is -0.384. The SMILES string of the molecule is C.CC(=O)Nc1ccc2c(c1)N(C(=O)OC(C)(C)C)CCO2.CC(C)(C)OC(=O)N1CCOc2ccc([N+](=O)[O-])cc21.[B]B([B])B(B([B])[B])B(B(B([B])[B])B([B])[B])B(B(B([B])[B])B([B])[B])B(B(B([B])[B])B([B])[B])B(B([B])[B])B([B])[B]. The van der Waals surface area contributed by atoms with E-state index >= 15 is 0 Å². The summed E-state index contributed by atoms with van der Waals surface area (Å²) < 4.78 is 21.6. The highest BCUT2D eigenvalue weighted by Gasteiger charge is 2.56. The predicted octanol–water partition coefficient (Wildman–Crippen LogP) is -8.33. The molecule has 4 rings (SSSR count). The number of nitro benzene ring substituents is 1. The molecule has 0 spiro atoms. The van der Waals surface area contributed by atoms with E-state index in [0.717, 1.165) is 0 Å². The summed E-state index contributed by atoms with van der Waals surface area (Å²) in [6.45, 7) is 13.6. The number of fused-ring (bicyclic) bond motifs is 2. The molecular weight excluding hydrogens is 959 g/mol. The third-order valence-corrected chi connectivity index (χ3v) is 12.9. The van der Waals surface area contributed by atoms with Crippen molar-refractivity contribution in [1.29, 1.82) is 0 Å². The molecular formula is C29H40B38N4O9. The summed E-state index contributed by atoms with van der Waals surface area (Å²) in [5.74, 6) is 0.865. The van der Waals surface area contributed by atoms with Crippen LogP contribution in [0, 0.1) is 10.1 Å². The van der Waals surface area contributed by atoms with Gasteiger partial charge in [0.15, 0.2) is 0 Å². The molecule has 0 saturated carbocycles. The number of hydrogen-bond acceptors (Lipinski definition) is 9. The van der Waals surface area contributed by atoms with E-state index in [1.54, 1.807) is 39.0 Å². The number of anilines is 3. The summed E-state index contributed by atoms with van der Waals surface area (Å²) in [5, 5.41) is 13.5. The lowest BCUT2D eigenvalue weighted by Gasteiger charge is -2.53. The summed E-state index contributed by atoms with van der Waals surface area (Å²) in [7, 11) is 124. The first kappa shape index (κ1) is 75.9. The van der Waals surface area contributed by atoms with Crippen molar-refractivity contribution >= 4 is 311 Å². The van der Waals surface area contributed by atoms with E-state index in [-0.39, 0.29) is 19.0 Å². The number of carbonyl (C=O) groups excluding carboxylic acids is 3. The van der Waals surface area contributed by atoms with Gasteiger partial charge in [-0.1, -0.05) is 7.43 Å². The molecule has 2 heterocycles. The van der Waals surface area contributed by atoms with Crippen LogP contribution in [0.3, 0.4) is 0 Å². The van der Waals surface area contributed by atoms with Crippen molar-refractivity contribution in [2.45, 2.75) is 67.1 Å². The van der Waals surface area contributed by atoms with E-state index in [9.17, 15) is 24.5 Å². The third kappa shape index (κ3) is 22.4. The maximum absolute atomic E-state index is 12.3. The molecule has 2 aliphatic rings. The quantitative estimate of drug-likeness (QED) is 0.0824. The summed E-state index contributed by atoms with van der Waals surface area (Å²) in [4.78, 5) is 48.7. The van der Waals surface area contributed by atoms with Gasteiger partial charge in [-0.25, -0.2) is 9.59 Å². The number of ether oxygens (including phenoxy) is 4. The monoisotopic (exact) mass is 1010 g/mol. The van der Waals surface area contributed by atoms with E-state index in [1.807, 2.05) is 20.8 Å². The van der Waals surface area contributed by atoms with Gasteiger partial charge in [0.25, 0.3) is 5.69 Å². The van der Waals surface area contributed by atoms with Crippen LogP contribution in [0.15, 0.2) is 36.4 Å².